The summed E-state index contributed by atoms with van der Waals surface area (Å²) in [5, 5.41) is 0. The molecule has 0 unspecified atom stereocenters. The van der Waals surface area contributed by atoms with Gasteiger partial charge < -0.3 is 0 Å². The summed E-state index contributed by atoms with van der Waals surface area (Å²) in [7, 11) is 0. The van der Waals surface area contributed by atoms with Crippen molar-refractivity contribution in [1.29, 1.82) is 0 Å². The lowest BCUT2D eigenvalue weighted by Crippen LogP contribution is -1.97. The van der Waals surface area contributed by atoms with Gasteiger partial charge in [-0.2, -0.15) is 0 Å². The van der Waals surface area contributed by atoms with Crippen molar-refractivity contribution < 1.29 is 9.59 Å². The van der Waals surface area contributed by atoms with Gasteiger partial charge in [-0.05, 0) is 12.3 Å². The molecular weight excluding hydrogens is 320 g/mol. The Morgan fingerprint density at radius 1 is 0.692 bits per heavy atom. The van der Waals surface area contributed by atoms with E-state index in [4.69, 9.17) is 0 Å². The summed E-state index contributed by atoms with van der Waals surface area (Å²) in [6.45, 7) is 4.50. The molecule has 2 nitrogen and oxygen atoms in total. The van der Waals surface area contributed by atoms with Gasteiger partial charge in [-0.15, -0.1) is 0 Å². The van der Waals surface area contributed by atoms with E-state index in [1.807, 2.05) is 0 Å². The van der Waals surface area contributed by atoms with Crippen molar-refractivity contribution in [3.8, 4) is 0 Å². The van der Waals surface area contributed by atoms with Crippen molar-refractivity contribution in [2.24, 2.45) is 5.92 Å². The number of unbranched alkanes of at least 4 members (excludes halogenated alkanes) is 13. The molecule has 0 atom stereocenters. The summed E-state index contributed by atoms with van der Waals surface area (Å²) in [4.78, 5) is 20.6. The molecule has 2 heteroatoms. The number of rotatable bonds is 18. The highest BCUT2D eigenvalue weighted by molar-refractivity contribution is 6.24. The second-order valence-corrected chi connectivity index (χ2v) is 8.16. The Morgan fingerprint density at radius 2 is 1.12 bits per heavy atom. The van der Waals surface area contributed by atoms with E-state index < -0.39 is 0 Å². The van der Waals surface area contributed by atoms with E-state index >= 15 is 0 Å². The number of ketones is 1. The van der Waals surface area contributed by atoms with Crippen molar-refractivity contribution in [2.45, 2.75) is 136 Å². The molecule has 1 saturated carbocycles. The van der Waals surface area contributed by atoms with Gasteiger partial charge in [0.25, 0.3) is 0 Å². The van der Waals surface area contributed by atoms with Gasteiger partial charge in [0.05, 0.1) is 0 Å². The number of Topliss-reactive ketones (excluding diaryl/α,β-unsaturated/α-hetero) is 1. The molecule has 0 spiro atoms. The molecule has 0 heterocycles. The molecule has 0 N–H and O–H groups in total. The number of hydrogen-bond donors (Lipinski definition) is 0. The zero-order valence-electron chi connectivity index (χ0n) is 17.9. The van der Waals surface area contributed by atoms with Gasteiger partial charge in [0, 0.05) is 6.42 Å². The van der Waals surface area contributed by atoms with Crippen molar-refractivity contribution in [3.63, 3.8) is 0 Å². The lowest BCUT2D eigenvalue weighted by atomic mass is 10.1. The first-order chi connectivity index (χ1) is 12.7. The van der Waals surface area contributed by atoms with Crippen LogP contribution in [-0.2, 0) is 9.59 Å². The Morgan fingerprint density at radius 3 is 1.54 bits per heavy atom. The molecule has 0 amide bonds. The van der Waals surface area contributed by atoms with E-state index in [0.717, 1.165) is 18.8 Å². The highest BCUT2D eigenvalue weighted by Gasteiger charge is 2.19. The summed E-state index contributed by atoms with van der Waals surface area (Å²) in [5.74, 6) is 0.900. The smallest absolute Gasteiger partial charge is 0.195 e. The molecule has 0 saturated heterocycles. The fraction of sp³-hybridized carbons (Fsp3) is 0.917. The fourth-order valence-corrected chi connectivity index (χ4v) is 3.29. The number of hydrogen-bond acceptors (Lipinski definition) is 2. The van der Waals surface area contributed by atoms with Crippen LogP contribution in [0.1, 0.15) is 136 Å². The first-order valence-electron chi connectivity index (χ1n) is 11.7. The number of aldehydes is 1. The molecule has 0 aromatic carbocycles. The third-order valence-electron chi connectivity index (χ3n) is 5.32. The summed E-state index contributed by atoms with van der Waals surface area (Å²) >= 11 is 0. The van der Waals surface area contributed by atoms with Crippen LogP contribution in [0.2, 0.25) is 0 Å². The quantitative estimate of drug-likeness (QED) is 0.141. The van der Waals surface area contributed by atoms with Gasteiger partial charge >= 0.3 is 0 Å². The standard InChI is InChI=1S/C12H22O2.C12H24/c1-2-3-4-5-6-7-8-9-10-12(14)11-13;1-2-3-4-5-6-7-8-9-12-10-11-12/h11H,2-10H2,1H3;12H,2-11H2,1H3. The van der Waals surface area contributed by atoms with Gasteiger partial charge in [0.2, 0.25) is 0 Å². The van der Waals surface area contributed by atoms with Crippen LogP contribution in [0.25, 0.3) is 0 Å². The molecule has 0 aromatic rings. The summed E-state index contributed by atoms with van der Waals surface area (Å²) in [6.07, 6.45) is 25.5. The van der Waals surface area contributed by atoms with Crippen LogP contribution in [0.15, 0.2) is 0 Å². The highest BCUT2D eigenvalue weighted by atomic mass is 16.2. The summed E-state index contributed by atoms with van der Waals surface area (Å²) in [5.41, 5.74) is 0. The van der Waals surface area contributed by atoms with Crippen LogP contribution >= 0.6 is 0 Å². The van der Waals surface area contributed by atoms with Crippen LogP contribution in [0.4, 0.5) is 0 Å². The Bertz CT molecular complexity index is 307. The van der Waals surface area contributed by atoms with Crippen molar-refractivity contribution in [1.82, 2.24) is 0 Å². The minimum Gasteiger partial charge on any atom is -0.295 e. The summed E-state index contributed by atoms with van der Waals surface area (Å²) in [6, 6.07) is 0. The van der Waals surface area contributed by atoms with Crippen molar-refractivity contribution in [2.75, 3.05) is 0 Å². The van der Waals surface area contributed by atoms with E-state index in [9.17, 15) is 9.59 Å². The zero-order valence-corrected chi connectivity index (χ0v) is 17.9. The second kappa shape index (κ2) is 20.6. The van der Waals surface area contributed by atoms with E-state index in [1.54, 1.807) is 0 Å². The average molecular weight is 367 g/mol. The SMILES string of the molecule is CCCCCCCCCC1CC1.CCCCCCCCCCC(=O)C=O. The Kier molecular flexibility index (Phi) is 20.1. The molecule has 1 rings (SSSR count). The fourth-order valence-electron chi connectivity index (χ4n) is 3.29. The maximum atomic E-state index is 10.6. The van der Waals surface area contributed by atoms with Crippen molar-refractivity contribution in [3.05, 3.63) is 0 Å². The van der Waals surface area contributed by atoms with E-state index in [1.165, 1.54) is 103 Å². The van der Waals surface area contributed by atoms with Gasteiger partial charge in [-0.1, -0.05) is 123 Å². The second-order valence-electron chi connectivity index (χ2n) is 8.16. The lowest BCUT2D eigenvalue weighted by Gasteiger charge is -1.99. The first kappa shape index (κ1) is 25.3. The number of carbonyl (C=O) groups is 2. The molecule has 1 aliphatic rings. The van der Waals surface area contributed by atoms with Crippen LogP contribution in [0, 0.1) is 5.92 Å². The lowest BCUT2D eigenvalue weighted by molar-refractivity contribution is -0.129. The van der Waals surface area contributed by atoms with Crippen LogP contribution in [0.5, 0.6) is 0 Å². The van der Waals surface area contributed by atoms with Crippen LogP contribution in [0.3, 0.4) is 0 Å². The maximum Gasteiger partial charge on any atom is 0.195 e. The van der Waals surface area contributed by atoms with Gasteiger partial charge in [-0.3, -0.25) is 9.59 Å². The first-order valence-corrected chi connectivity index (χ1v) is 11.7. The van der Waals surface area contributed by atoms with Crippen LogP contribution < -0.4 is 0 Å². The average Bonchev–Trinajstić information content (AvgIpc) is 3.48. The molecule has 1 aliphatic carbocycles. The highest BCUT2D eigenvalue weighted by Crippen LogP contribution is 2.34. The topological polar surface area (TPSA) is 34.1 Å². The largest absolute Gasteiger partial charge is 0.295 e. The summed E-state index contributed by atoms with van der Waals surface area (Å²) < 4.78 is 0. The van der Waals surface area contributed by atoms with Crippen molar-refractivity contribution >= 4 is 12.1 Å². The third-order valence-corrected chi connectivity index (χ3v) is 5.32. The molecular formula is C24H46O2. The van der Waals surface area contributed by atoms with E-state index in [-0.39, 0.29) is 5.78 Å². The number of carbonyl (C=O) groups excluding carboxylic acids is 2. The molecule has 0 aliphatic heterocycles. The van der Waals surface area contributed by atoms with Crippen LogP contribution in [-0.4, -0.2) is 12.1 Å². The monoisotopic (exact) mass is 366 g/mol. The maximum absolute atomic E-state index is 10.6. The minimum atomic E-state index is -0.254. The van der Waals surface area contributed by atoms with Gasteiger partial charge in [0.15, 0.2) is 12.1 Å². The minimum absolute atomic E-state index is 0.254. The normalized spacial score (nSPS) is 13.2. The predicted molar refractivity (Wildman–Crippen MR) is 114 cm³/mol. The molecule has 26 heavy (non-hydrogen) atoms. The predicted octanol–water partition coefficient (Wildman–Crippen LogP) is 7.82. The Labute approximate surface area is 163 Å². The zero-order chi connectivity index (χ0) is 19.3. The van der Waals surface area contributed by atoms with E-state index in [0.29, 0.717) is 12.7 Å². The molecule has 0 aromatic heterocycles. The van der Waals surface area contributed by atoms with Gasteiger partial charge in [-0.25, -0.2) is 0 Å². The van der Waals surface area contributed by atoms with E-state index in [2.05, 4.69) is 13.8 Å². The molecule has 154 valence electrons. The molecule has 0 radical (unpaired) electrons. The van der Waals surface area contributed by atoms with Gasteiger partial charge in [0.1, 0.15) is 0 Å². The molecule has 1 fully saturated rings. The Balaban J connectivity index is 0.000000485. The Hall–Kier alpha value is -0.660. The molecule has 0 bridgehead atoms. The third kappa shape index (κ3) is 21.4.